The lowest BCUT2D eigenvalue weighted by molar-refractivity contribution is -0.125. The molecule has 8 heteroatoms. The number of nitrogens with one attached hydrogen (secondary N) is 3. The van der Waals surface area contributed by atoms with E-state index in [2.05, 4.69) is 16.0 Å². The zero-order valence-corrected chi connectivity index (χ0v) is 14.9. The predicted octanol–water partition coefficient (Wildman–Crippen LogP) is 0.655. The van der Waals surface area contributed by atoms with Crippen LogP contribution in [-0.4, -0.2) is 37.5 Å². The van der Waals surface area contributed by atoms with Gasteiger partial charge in [0.05, 0.1) is 0 Å². The Morgan fingerprint density at radius 3 is 2.58 bits per heavy atom. The van der Waals surface area contributed by atoms with Crippen molar-refractivity contribution < 1.29 is 19.1 Å². The van der Waals surface area contributed by atoms with Crippen molar-refractivity contribution >= 4 is 17.8 Å². The van der Waals surface area contributed by atoms with E-state index in [9.17, 15) is 14.4 Å². The molecule has 1 aromatic carbocycles. The molecule has 0 spiro atoms. The quantitative estimate of drug-likeness (QED) is 0.569. The molecule has 1 aliphatic carbocycles. The van der Waals surface area contributed by atoms with Crippen LogP contribution in [0.3, 0.4) is 0 Å². The number of nitrogens with two attached hydrogens (primary N) is 1. The summed E-state index contributed by atoms with van der Waals surface area (Å²) in [6.45, 7) is 0.156. The SMILES string of the molecule is CNC(=O)C1CCC(NC(=O)NCc2cccc(OCC(N)=O)c2)CC1. The minimum Gasteiger partial charge on any atom is -0.484 e. The first-order chi connectivity index (χ1) is 12.5. The molecule has 0 aliphatic heterocycles. The molecule has 0 bridgehead atoms. The number of hydrogen-bond acceptors (Lipinski definition) is 4. The maximum atomic E-state index is 12.1. The van der Waals surface area contributed by atoms with Gasteiger partial charge in [-0.25, -0.2) is 4.79 Å². The summed E-state index contributed by atoms with van der Waals surface area (Å²) in [6, 6.07) is 6.95. The summed E-state index contributed by atoms with van der Waals surface area (Å²) in [6.07, 6.45) is 3.15. The van der Waals surface area contributed by atoms with Crippen LogP contribution in [-0.2, 0) is 16.1 Å². The van der Waals surface area contributed by atoms with Gasteiger partial charge in [-0.1, -0.05) is 12.1 Å². The Morgan fingerprint density at radius 2 is 1.92 bits per heavy atom. The number of urea groups is 1. The van der Waals surface area contributed by atoms with E-state index in [-0.39, 0.29) is 30.5 Å². The molecule has 0 aromatic heterocycles. The number of amides is 4. The molecule has 0 unspecified atom stereocenters. The van der Waals surface area contributed by atoms with Crippen molar-refractivity contribution in [2.24, 2.45) is 11.7 Å². The third-order valence-electron chi connectivity index (χ3n) is 4.41. The summed E-state index contributed by atoms with van der Waals surface area (Å²) in [5, 5.41) is 8.43. The molecule has 1 fully saturated rings. The van der Waals surface area contributed by atoms with Crippen molar-refractivity contribution in [3.8, 4) is 5.75 Å². The van der Waals surface area contributed by atoms with E-state index in [4.69, 9.17) is 10.5 Å². The monoisotopic (exact) mass is 362 g/mol. The maximum absolute atomic E-state index is 12.1. The number of carbonyl (C=O) groups excluding carboxylic acids is 3. The number of hydrogen-bond donors (Lipinski definition) is 4. The second kappa shape index (κ2) is 9.65. The van der Waals surface area contributed by atoms with Gasteiger partial charge >= 0.3 is 6.03 Å². The molecule has 1 aromatic rings. The molecule has 8 nitrogen and oxygen atoms in total. The number of carbonyl (C=O) groups is 3. The zero-order valence-electron chi connectivity index (χ0n) is 14.9. The lowest BCUT2D eigenvalue weighted by atomic mass is 9.85. The first-order valence-electron chi connectivity index (χ1n) is 8.74. The van der Waals surface area contributed by atoms with E-state index in [0.717, 1.165) is 31.2 Å². The average molecular weight is 362 g/mol. The van der Waals surface area contributed by atoms with Gasteiger partial charge in [-0.05, 0) is 43.4 Å². The molecule has 4 amide bonds. The van der Waals surface area contributed by atoms with Gasteiger partial charge in [0.2, 0.25) is 5.91 Å². The Bertz CT molecular complexity index is 642. The number of benzene rings is 1. The van der Waals surface area contributed by atoms with Crippen molar-refractivity contribution in [1.82, 2.24) is 16.0 Å². The fourth-order valence-corrected chi connectivity index (χ4v) is 3.02. The highest BCUT2D eigenvalue weighted by Crippen LogP contribution is 2.24. The second-order valence-electron chi connectivity index (χ2n) is 6.39. The molecule has 2 rings (SSSR count). The summed E-state index contributed by atoms with van der Waals surface area (Å²) in [5.41, 5.74) is 5.90. The molecule has 1 aliphatic rings. The fraction of sp³-hybridized carbons (Fsp3) is 0.500. The molecule has 0 saturated heterocycles. The smallest absolute Gasteiger partial charge is 0.315 e. The van der Waals surface area contributed by atoms with Gasteiger partial charge < -0.3 is 26.4 Å². The molecule has 0 heterocycles. The van der Waals surface area contributed by atoms with E-state index in [1.165, 1.54) is 0 Å². The van der Waals surface area contributed by atoms with E-state index in [0.29, 0.717) is 12.3 Å². The molecule has 1 saturated carbocycles. The number of primary amides is 1. The van der Waals surface area contributed by atoms with Crippen LogP contribution in [0.15, 0.2) is 24.3 Å². The Labute approximate surface area is 152 Å². The first kappa shape index (κ1) is 19.6. The third-order valence-corrected chi connectivity index (χ3v) is 4.41. The Kier molecular flexibility index (Phi) is 7.25. The molecule has 0 atom stereocenters. The molecule has 5 N–H and O–H groups in total. The van der Waals surface area contributed by atoms with Crippen LogP contribution in [0.5, 0.6) is 5.75 Å². The first-order valence-corrected chi connectivity index (χ1v) is 8.74. The Balaban J connectivity index is 1.73. The largest absolute Gasteiger partial charge is 0.484 e. The van der Waals surface area contributed by atoms with Gasteiger partial charge in [0.1, 0.15) is 5.75 Å². The van der Waals surface area contributed by atoms with Crippen LogP contribution < -0.4 is 26.4 Å². The number of rotatable bonds is 7. The third kappa shape index (κ3) is 6.27. The van der Waals surface area contributed by atoms with Crippen LogP contribution >= 0.6 is 0 Å². The van der Waals surface area contributed by atoms with Gasteiger partial charge in [0, 0.05) is 25.6 Å². The topological polar surface area (TPSA) is 123 Å². The summed E-state index contributed by atoms with van der Waals surface area (Å²) in [4.78, 5) is 34.4. The highest BCUT2D eigenvalue weighted by Gasteiger charge is 2.26. The maximum Gasteiger partial charge on any atom is 0.315 e. The van der Waals surface area contributed by atoms with Gasteiger partial charge in [-0.3, -0.25) is 9.59 Å². The normalized spacial score (nSPS) is 19.3. The minimum absolute atomic E-state index is 0.0456. The Morgan fingerprint density at radius 1 is 1.19 bits per heavy atom. The van der Waals surface area contributed by atoms with Crippen LogP contribution in [0.2, 0.25) is 0 Å². The molecule has 142 valence electrons. The van der Waals surface area contributed by atoms with Crippen molar-refractivity contribution in [3.63, 3.8) is 0 Å². The standard InChI is InChI=1S/C18H26N4O4/c1-20-17(24)13-5-7-14(8-6-13)22-18(25)21-10-12-3-2-4-15(9-12)26-11-16(19)23/h2-4,9,13-14H,5-8,10-11H2,1H3,(H2,19,23)(H,20,24)(H2,21,22,25). The zero-order chi connectivity index (χ0) is 18.9. The van der Waals surface area contributed by atoms with Crippen molar-refractivity contribution in [2.75, 3.05) is 13.7 Å². The molecule has 0 radical (unpaired) electrons. The summed E-state index contributed by atoms with van der Waals surface area (Å²) >= 11 is 0. The van der Waals surface area contributed by atoms with E-state index < -0.39 is 5.91 Å². The van der Waals surface area contributed by atoms with Crippen molar-refractivity contribution in [3.05, 3.63) is 29.8 Å². The van der Waals surface area contributed by atoms with Crippen molar-refractivity contribution in [1.29, 1.82) is 0 Å². The van der Waals surface area contributed by atoms with Gasteiger partial charge in [0.25, 0.3) is 5.91 Å². The van der Waals surface area contributed by atoms with Gasteiger partial charge in [-0.15, -0.1) is 0 Å². The van der Waals surface area contributed by atoms with Crippen LogP contribution in [0.25, 0.3) is 0 Å². The van der Waals surface area contributed by atoms with Crippen LogP contribution in [0.4, 0.5) is 4.79 Å². The summed E-state index contributed by atoms with van der Waals surface area (Å²) in [5.74, 6) is 0.102. The van der Waals surface area contributed by atoms with Gasteiger partial charge in [-0.2, -0.15) is 0 Å². The Hall–Kier alpha value is -2.77. The second-order valence-corrected chi connectivity index (χ2v) is 6.39. The lowest BCUT2D eigenvalue weighted by Crippen LogP contribution is -2.44. The highest BCUT2D eigenvalue weighted by atomic mass is 16.5. The summed E-state index contributed by atoms with van der Waals surface area (Å²) < 4.78 is 5.24. The highest BCUT2D eigenvalue weighted by molar-refractivity contribution is 5.78. The lowest BCUT2D eigenvalue weighted by Gasteiger charge is -2.28. The molecule has 26 heavy (non-hydrogen) atoms. The van der Waals surface area contributed by atoms with E-state index >= 15 is 0 Å². The average Bonchev–Trinajstić information content (AvgIpc) is 2.65. The summed E-state index contributed by atoms with van der Waals surface area (Å²) in [7, 11) is 1.65. The molecular formula is C18H26N4O4. The van der Waals surface area contributed by atoms with Crippen LogP contribution in [0.1, 0.15) is 31.2 Å². The predicted molar refractivity (Wildman–Crippen MR) is 96.3 cm³/mol. The number of ether oxygens (including phenoxy) is 1. The fourth-order valence-electron chi connectivity index (χ4n) is 3.02. The van der Waals surface area contributed by atoms with Crippen molar-refractivity contribution in [2.45, 2.75) is 38.3 Å². The minimum atomic E-state index is -0.543. The van der Waals surface area contributed by atoms with E-state index in [1.54, 1.807) is 25.2 Å². The van der Waals surface area contributed by atoms with Crippen LogP contribution in [0, 0.1) is 5.92 Å². The molecular weight excluding hydrogens is 336 g/mol. The van der Waals surface area contributed by atoms with Gasteiger partial charge in [0.15, 0.2) is 6.61 Å². The van der Waals surface area contributed by atoms with E-state index in [1.807, 2.05) is 6.07 Å².